The summed E-state index contributed by atoms with van der Waals surface area (Å²) in [5.41, 5.74) is 2.75. The number of benzene rings is 1. The van der Waals surface area contributed by atoms with Crippen LogP contribution < -0.4 is 21.5 Å². The second-order valence-electron chi connectivity index (χ2n) is 9.37. The molecule has 8 nitrogen and oxygen atoms in total. The van der Waals surface area contributed by atoms with Crippen molar-refractivity contribution >= 4 is 17.5 Å². The molecular weight excluding hydrogens is 416 g/mol. The fourth-order valence-electron chi connectivity index (χ4n) is 3.79. The van der Waals surface area contributed by atoms with Crippen LogP contribution in [0.3, 0.4) is 0 Å². The Morgan fingerprint density at radius 3 is 2.64 bits per heavy atom. The van der Waals surface area contributed by atoms with Crippen molar-refractivity contribution in [3.8, 4) is 11.3 Å². The third kappa shape index (κ3) is 5.64. The molecule has 172 valence electrons. The third-order valence-corrected chi connectivity index (χ3v) is 5.75. The van der Waals surface area contributed by atoms with E-state index >= 15 is 0 Å². The number of aromatic nitrogens is 3. The average Bonchev–Trinajstić information content (AvgIpc) is 2.81. The number of pyridine rings is 1. The zero-order valence-electron chi connectivity index (χ0n) is 19.2. The first kappa shape index (κ1) is 22.7. The lowest BCUT2D eigenvalue weighted by molar-refractivity contribution is 0.102. The SMILES string of the molecule is CC(C)(C)c1ccc(C(=O)Nc2cc(-c3ccnc(NC4CCCNC4)n3)c[nH]c2=O)cc1. The Bertz CT molecular complexity index is 1170. The van der Waals surface area contributed by atoms with Crippen LogP contribution in [0.5, 0.6) is 0 Å². The van der Waals surface area contributed by atoms with Crippen molar-refractivity contribution in [3.05, 3.63) is 70.3 Å². The number of nitrogens with one attached hydrogen (secondary N) is 4. The molecule has 3 aromatic rings. The van der Waals surface area contributed by atoms with Gasteiger partial charge in [0.05, 0.1) is 5.69 Å². The van der Waals surface area contributed by atoms with Gasteiger partial charge in [0.1, 0.15) is 5.69 Å². The number of rotatable bonds is 5. The van der Waals surface area contributed by atoms with Crippen molar-refractivity contribution in [2.75, 3.05) is 23.7 Å². The molecule has 3 heterocycles. The molecule has 1 atom stereocenters. The smallest absolute Gasteiger partial charge is 0.271 e. The zero-order chi connectivity index (χ0) is 23.4. The molecule has 2 aromatic heterocycles. The standard InChI is InChI=1S/C25H30N6O2/c1-25(2,3)18-8-6-16(7-9-18)22(32)30-21-13-17(14-28-23(21)33)20-10-12-27-24(31-20)29-19-5-4-11-26-15-19/h6-10,12-14,19,26H,4-5,11,15H2,1-3H3,(H,28,33)(H,30,32)(H,27,29,31). The van der Waals surface area contributed by atoms with Crippen molar-refractivity contribution in [1.29, 1.82) is 0 Å². The molecule has 0 bridgehead atoms. The molecule has 0 radical (unpaired) electrons. The summed E-state index contributed by atoms with van der Waals surface area (Å²) >= 11 is 0. The lowest BCUT2D eigenvalue weighted by atomic mass is 9.87. The Hall–Kier alpha value is -3.52. The number of aromatic amines is 1. The number of amides is 1. The maximum atomic E-state index is 12.7. The lowest BCUT2D eigenvalue weighted by Crippen LogP contribution is -2.38. The molecule has 0 aliphatic carbocycles. The Balaban J connectivity index is 1.51. The molecule has 1 aliphatic rings. The molecule has 1 amide bonds. The summed E-state index contributed by atoms with van der Waals surface area (Å²) in [5.74, 6) is 0.199. The molecule has 1 aromatic carbocycles. The maximum Gasteiger partial charge on any atom is 0.271 e. The lowest BCUT2D eigenvalue weighted by Gasteiger charge is -2.23. The van der Waals surface area contributed by atoms with E-state index in [0.29, 0.717) is 22.8 Å². The van der Waals surface area contributed by atoms with Crippen molar-refractivity contribution < 1.29 is 4.79 Å². The van der Waals surface area contributed by atoms with Gasteiger partial charge in [-0.1, -0.05) is 32.9 Å². The van der Waals surface area contributed by atoms with Gasteiger partial charge in [-0.05, 0) is 54.6 Å². The summed E-state index contributed by atoms with van der Waals surface area (Å²) in [6.07, 6.45) is 5.44. The van der Waals surface area contributed by atoms with Gasteiger partial charge < -0.3 is 20.9 Å². The van der Waals surface area contributed by atoms with Gasteiger partial charge >= 0.3 is 0 Å². The van der Waals surface area contributed by atoms with Crippen LogP contribution in [0.15, 0.2) is 53.6 Å². The Labute approximate surface area is 193 Å². The third-order valence-electron chi connectivity index (χ3n) is 5.75. The van der Waals surface area contributed by atoms with Gasteiger partial charge in [0.25, 0.3) is 11.5 Å². The topological polar surface area (TPSA) is 112 Å². The van der Waals surface area contributed by atoms with Crippen LogP contribution in [-0.2, 0) is 5.41 Å². The van der Waals surface area contributed by atoms with E-state index in [9.17, 15) is 9.59 Å². The highest BCUT2D eigenvalue weighted by molar-refractivity contribution is 6.04. The minimum Gasteiger partial charge on any atom is -0.350 e. The summed E-state index contributed by atoms with van der Waals surface area (Å²) in [6.45, 7) is 8.26. The van der Waals surface area contributed by atoms with Crippen LogP contribution in [0.1, 0.15) is 49.5 Å². The first-order chi connectivity index (χ1) is 15.8. The van der Waals surface area contributed by atoms with Gasteiger partial charge in [-0.15, -0.1) is 0 Å². The van der Waals surface area contributed by atoms with Crippen LogP contribution in [0, 0.1) is 0 Å². The zero-order valence-corrected chi connectivity index (χ0v) is 19.2. The van der Waals surface area contributed by atoms with Gasteiger partial charge in [-0.2, -0.15) is 0 Å². The molecular formula is C25H30N6O2. The van der Waals surface area contributed by atoms with E-state index in [4.69, 9.17) is 0 Å². The van der Waals surface area contributed by atoms with E-state index in [1.54, 1.807) is 36.7 Å². The molecule has 4 N–H and O–H groups in total. The minimum absolute atomic E-state index is 0.000759. The molecule has 1 fully saturated rings. The first-order valence-electron chi connectivity index (χ1n) is 11.2. The summed E-state index contributed by atoms with van der Waals surface area (Å²) in [7, 11) is 0. The molecule has 1 saturated heterocycles. The second kappa shape index (κ2) is 9.54. The molecule has 1 unspecified atom stereocenters. The number of hydrogen-bond acceptors (Lipinski definition) is 6. The van der Waals surface area contributed by atoms with Crippen molar-refractivity contribution in [3.63, 3.8) is 0 Å². The van der Waals surface area contributed by atoms with Crippen LogP contribution >= 0.6 is 0 Å². The quantitative estimate of drug-likeness (QED) is 0.477. The van der Waals surface area contributed by atoms with E-state index in [-0.39, 0.29) is 28.6 Å². The highest BCUT2D eigenvalue weighted by atomic mass is 16.2. The molecule has 1 aliphatic heterocycles. The van der Waals surface area contributed by atoms with E-state index in [1.807, 2.05) is 12.1 Å². The predicted octanol–water partition coefficient (Wildman–Crippen LogP) is 3.55. The van der Waals surface area contributed by atoms with Crippen LogP contribution in [0.2, 0.25) is 0 Å². The van der Waals surface area contributed by atoms with E-state index in [1.165, 1.54) is 0 Å². The molecule has 4 rings (SSSR count). The highest BCUT2D eigenvalue weighted by Crippen LogP contribution is 2.23. The number of carbonyl (C=O) groups excluding carboxylic acids is 1. The summed E-state index contributed by atoms with van der Waals surface area (Å²) < 4.78 is 0. The number of hydrogen-bond donors (Lipinski definition) is 4. The average molecular weight is 447 g/mol. The van der Waals surface area contributed by atoms with Gasteiger partial charge in [-0.3, -0.25) is 9.59 Å². The van der Waals surface area contributed by atoms with Crippen molar-refractivity contribution in [1.82, 2.24) is 20.3 Å². The summed E-state index contributed by atoms with van der Waals surface area (Å²) in [4.78, 5) is 36.7. The van der Waals surface area contributed by atoms with E-state index in [2.05, 4.69) is 51.7 Å². The predicted molar refractivity (Wildman–Crippen MR) is 131 cm³/mol. The number of piperidine rings is 1. The van der Waals surface area contributed by atoms with Gasteiger partial charge in [-0.25, -0.2) is 9.97 Å². The fourth-order valence-corrected chi connectivity index (χ4v) is 3.79. The fraction of sp³-hybridized carbons (Fsp3) is 0.360. The largest absolute Gasteiger partial charge is 0.350 e. The normalized spacial score (nSPS) is 16.3. The number of anilines is 2. The number of H-pyrrole nitrogens is 1. The highest BCUT2D eigenvalue weighted by Gasteiger charge is 2.16. The molecule has 33 heavy (non-hydrogen) atoms. The monoisotopic (exact) mass is 446 g/mol. The van der Waals surface area contributed by atoms with Crippen molar-refractivity contribution in [2.24, 2.45) is 0 Å². The van der Waals surface area contributed by atoms with Gasteiger partial charge in [0.2, 0.25) is 5.95 Å². The first-order valence-corrected chi connectivity index (χ1v) is 11.2. The summed E-state index contributed by atoms with van der Waals surface area (Å²) in [6, 6.07) is 11.1. The van der Waals surface area contributed by atoms with Gasteiger partial charge in [0, 0.05) is 36.1 Å². The number of carbonyl (C=O) groups is 1. The summed E-state index contributed by atoms with van der Waals surface area (Å²) in [5, 5.41) is 9.44. The van der Waals surface area contributed by atoms with Crippen LogP contribution in [0.4, 0.5) is 11.6 Å². The van der Waals surface area contributed by atoms with Crippen LogP contribution in [0.25, 0.3) is 11.3 Å². The van der Waals surface area contributed by atoms with E-state index < -0.39 is 0 Å². The maximum absolute atomic E-state index is 12.7. The second-order valence-corrected chi connectivity index (χ2v) is 9.37. The molecule has 0 spiro atoms. The Morgan fingerprint density at radius 2 is 1.94 bits per heavy atom. The molecule has 8 heteroatoms. The Kier molecular flexibility index (Phi) is 6.55. The number of nitrogens with zero attached hydrogens (tertiary/aromatic N) is 2. The van der Waals surface area contributed by atoms with Crippen molar-refractivity contribution in [2.45, 2.75) is 45.1 Å². The van der Waals surface area contributed by atoms with E-state index in [0.717, 1.165) is 31.5 Å². The van der Waals surface area contributed by atoms with Gasteiger partial charge in [0.15, 0.2) is 0 Å². The Morgan fingerprint density at radius 1 is 1.15 bits per heavy atom. The minimum atomic E-state index is -0.376. The van der Waals surface area contributed by atoms with Crippen LogP contribution in [-0.4, -0.2) is 40.0 Å². The molecule has 0 saturated carbocycles.